The van der Waals surface area contributed by atoms with Crippen LogP contribution in [-0.2, 0) is 11.2 Å². The summed E-state index contributed by atoms with van der Waals surface area (Å²) in [6, 6.07) is 19.2. The maximum atomic E-state index is 13.2. The maximum absolute atomic E-state index is 13.2. The van der Waals surface area contributed by atoms with Crippen molar-refractivity contribution in [2.75, 3.05) is 6.61 Å². The van der Waals surface area contributed by atoms with Crippen molar-refractivity contribution < 1.29 is 14.3 Å². The number of rotatable bonds is 5. The van der Waals surface area contributed by atoms with Gasteiger partial charge in [0.1, 0.15) is 5.82 Å². The van der Waals surface area contributed by atoms with Crippen molar-refractivity contribution in [3.8, 4) is 0 Å². The molecule has 4 heteroatoms. The van der Waals surface area contributed by atoms with Gasteiger partial charge in [0.25, 0.3) is 0 Å². The van der Waals surface area contributed by atoms with Gasteiger partial charge in [-0.1, -0.05) is 48.5 Å². The second-order valence-electron chi connectivity index (χ2n) is 5.72. The largest absolute Gasteiger partial charge is 0.394 e. The Morgan fingerprint density at radius 1 is 1.00 bits per heavy atom. The lowest BCUT2D eigenvalue weighted by Gasteiger charge is -2.17. The van der Waals surface area contributed by atoms with Crippen molar-refractivity contribution in [2.24, 2.45) is 0 Å². The van der Waals surface area contributed by atoms with Gasteiger partial charge in [-0.3, -0.25) is 4.79 Å². The Kier molecular flexibility index (Phi) is 4.87. The summed E-state index contributed by atoms with van der Waals surface area (Å²) in [5.41, 5.74) is 1.44. The molecule has 3 aromatic carbocycles. The number of hydrogen-bond acceptors (Lipinski definition) is 2. The molecule has 0 aliphatic rings. The Morgan fingerprint density at radius 3 is 2.54 bits per heavy atom. The van der Waals surface area contributed by atoms with E-state index in [0.717, 1.165) is 16.3 Å². The lowest BCUT2D eigenvalue weighted by atomic mass is 10.0. The molecule has 0 fully saturated rings. The normalized spacial score (nSPS) is 12.1. The number of carbonyl (C=O) groups excluding carboxylic acids is 1. The van der Waals surface area contributed by atoms with Crippen molar-refractivity contribution in [2.45, 2.75) is 12.5 Å². The summed E-state index contributed by atoms with van der Waals surface area (Å²) in [5.74, 6) is -0.624. The number of amides is 1. The quantitative estimate of drug-likeness (QED) is 0.756. The lowest BCUT2D eigenvalue weighted by molar-refractivity contribution is -0.121. The standard InChI is InChI=1S/C20H18FNO2/c21-18-7-3-4-14(10-18)11-20(24)22-19(13-23)17-9-8-15-5-1-2-6-16(15)12-17/h1-10,12,19,23H,11,13H2,(H,22,24). The molecular weight excluding hydrogens is 305 g/mol. The van der Waals surface area contributed by atoms with Gasteiger partial charge in [0.2, 0.25) is 5.91 Å². The number of aliphatic hydroxyl groups excluding tert-OH is 1. The molecule has 0 aliphatic heterocycles. The van der Waals surface area contributed by atoms with E-state index in [-0.39, 0.29) is 24.8 Å². The third-order valence-corrected chi connectivity index (χ3v) is 3.95. The molecular formula is C20H18FNO2. The Morgan fingerprint density at radius 2 is 1.79 bits per heavy atom. The molecule has 0 aromatic heterocycles. The monoisotopic (exact) mass is 323 g/mol. The zero-order valence-electron chi connectivity index (χ0n) is 13.1. The zero-order valence-corrected chi connectivity index (χ0v) is 13.1. The van der Waals surface area contributed by atoms with Gasteiger partial charge in [0, 0.05) is 0 Å². The Labute approximate surface area is 139 Å². The molecule has 1 atom stereocenters. The number of carbonyl (C=O) groups is 1. The summed E-state index contributed by atoms with van der Waals surface area (Å²) >= 11 is 0. The number of hydrogen-bond donors (Lipinski definition) is 2. The van der Waals surface area contributed by atoms with Crippen molar-refractivity contribution in [3.63, 3.8) is 0 Å². The molecule has 1 amide bonds. The van der Waals surface area contributed by atoms with Crippen LogP contribution in [0.3, 0.4) is 0 Å². The second-order valence-corrected chi connectivity index (χ2v) is 5.72. The molecule has 3 nitrogen and oxygen atoms in total. The molecule has 0 bridgehead atoms. The van der Waals surface area contributed by atoms with Crippen LogP contribution in [0.15, 0.2) is 66.7 Å². The first-order chi connectivity index (χ1) is 11.7. The highest BCUT2D eigenvalue weighted by Gasteiger charge is 2.14. The minimum Gasteiger partial charge on any atom is -0.394 e. The number of fused-ring (bicyclic) bond motifs is 1. The summed E-state index contributed by atoms with van der Waals surface area (Å²) < 4.78 is 13.2. The second kappa shape index (κ2) is 7.23. The molecule has 122 valence electrons. The topological polar surface area (TPSA) is 49.3 Å². The highest BCUT2D eigenvalue weighted by atomic mass is 19.1. The molecule has 0 radical (unpaired) electrons. The summed E-state index contributed by atoms with van der Waals surface area (Å²) in [5, 5.41) is 14.6. The fraction of sp³-hybridized carbons (Fsp3) is 0.150. The molecule has 0 heterocycles. The van der Waals surface area contributed by atoms with Crippen LogP contribution in [0.1, 0.15) is 17.2 Å². The molecule has 3 aromatic rings. The maximum Gasteiger partial charge on any atom is 0.224 e. The van der Waals surface area contributed by atoms with Crippen LogP contribution in [0, 0.1) is 5.82 Å². The van der Waals surface area contributed by atoms with Gasteiger partial charge in [0.15, 0.2) is 0 Å². The zero-order chi connectivity index (χ0) is 16.9. The first-order valence-electron chi connectivity index (χ1n) is 7.79. The molecule has 3 rings (SSSR count). The van der Waals surface area contributed by atoms with E-state index in [1.54, 1.807) is 12.1 Å². The molecule has 0 saturated carbocycles. The Hall–Kier alpha value is -2.72. The van der Waals surface area contributed by atoms with Gasteiger partial charge in [-0.15, -0.1) is 0 Å². The van der Waals surface area contributed by atoms with Gasteiger partial charge in [-0.25, -0.2) is 4.39 Å². The summed E-state index contributed by atoms with van der Waals surface area (Å²) in [6.07, 6.45) is 0.0713. The molecule has 1 unspecified atom stereocenters. The van der Waals surface area contributed by atoms with Gasteiger partial charge in [0.05, 0.1) is 19.1 Å². The third-order valence-electron chi connectivity index (χ3n) is 3.95. The van der Waals surface area contributed by atoms with Crippen LogP contribution in [0.5, 0.6) is 0 Å². The van der Waals surface area contributed by atoms with Gasteiger partial charge >= 0.3 is 0 Å². The average molecular weight is 323 g/mol. The number of aliphatic hydroxyl groups is 1. The van der Waals surface area contributed by atoms with Crippen molar-refractivity contribution in [1.82, 2.24) is 5.32 Å². The number of halogens is 1. The highest BCUT2D eigenvalue weighted by molar-refractivity contribution is 5.83. The molecule has 24 heavy (non-hydrogen) atoms. The van der Waals surface area contributed by atoms with E-state index in [0.29, 0.717) is 5.56 Å². The predicted octanol–water partition coefficient (Wildman–Crippen LogP) is 3.37. The van der Waals surface area contributed by atoms with Gasteiger partial charge < -0.3 is 10.4 Å². The van der Waals surface area contributed by atoms with Crippen LogP contribution < -0.4 is 5.32 Å². The molecule has 2 N–H and O–H groups in total. The van der Waals surface area contributed by atoms with Crippen molar-refractivity contribution in [1.29, 1.82) is 0 Å². The third kappa shape index (κ3) is 3.78. The number of benzene rings is 3. The van der Waals surface area contributed by atoms with Crippen LogP contribution in [0.25, 0.3) is 10.8 Å². The van der Waals surface area contributed by atoms with Crippen LogP contribution in [0.2, 0.25) is 0 Å². The first-order valence-corrected chi connectivity index (χ1v) is 7.79. The minimum atomic E-state index is -0.490. The number of nitrogens with one attached hydrogen (secondary N) is 1. The van der Waals surface area contributed by atoms with E-state index in [1.165, 1.54) is 12.1 Å². The van der Waals surface area contributed by atoms with E-state index in [9.17, 15) is 14.3 Å². The van der Waals surface area contributed by atoms with Crippen molar-refractivity contribution >= 4 is 16.7 Å². The molecule has 0 spiro atoms. The van der Waals surface area contributed by atoms with Crippen LogP contribution in [0.4, 0.5) is 4.39 Å². The Balaban J connectivity index is 1.74. The average Bonchev–Trinajstić information content (AvgIpc) is 2.59. The first kappa shape index (κ1) is 16.1. The van der Waals surface area contributed by atoms with E-state index < -0.39 is 6.04 Å². The van der Waals surface area contributed by atoms with Crippen molar-refractivity contribution in [3.05, 3.63) is 83.7 Å². The summed E-state index contributed by atoms with van der Waals surface area (Å²) in [7, 11) is 0. The van der Waals surface area contributed by atoms with E-state index in [4.69, 9.17) is 0 Å². The van der Waals surface area contributed by atoms with E-state index in [1.807, 2.05) is 42.5 Å². The minimum absolute atomic E-state index is 0.0713. The molecule has 0 aliphatic carbocycles. The van der Waals surface area contributed by atoms with E-state index in [2.05, 4.69) is 5.32 Å². The van der Waals surface area contributed by atoms with Crippen LogP contribution in [-0.4, -0.2) is 17.6 Å². The fourth-order valence-corrected chi connectivity index (χ4v) is 2.74. The van der Waals surface area contributed by atoms with Gasteiger partial charge in [-0.2, -0.15) is 0 Å². The van der Waals surface area contributed by atoms with Crippen LogP contribution >= 0.6 is 0 Å². The predicted molar refractivity (Wildman–Crippen MR) is 92.0 cm³/mol. The smallest absolute Gasteiger partial charge is 0.224 e. The SMILES string of the molecule is O=C(Cc1cccc(F)c1)NC(CO)c1ccc2ccccc2c1. The highest BCUT2D eigenvalue weighted by Crippen LogP contribution is 2.20. The fourth-order valence-electron chi connectivity index (χ4n) is 2.74. The Bertz CT molecular complexity index is 863. The lowest BCUT2D eigenvalue weighted by Crippen LogP contribution is -2.32. The van der Waals surface area contributed by atoms with E-state index >= 15 is 0 Å². The summed E-state index contributed by atoms with van der Waals surface area (Å²) in [4.78, 5) is 12.2. The van der Waals surface area contributed by atoms with Gasteiger partial charge in [-0.05, 0) is 40.1 Å². The summed E-state index contributed by atoms with van der Waals surface area (Å²) in [6.45, 7) is -0.201. The molecule has 0 saturated heterocycles.